The van der Waals surface area contributed by atoms with Crippen molar-refractivity contribution < 1.29 is 17.7 Å². The third-order valence-electron chi connectivity index (χ3n) is 4.39. The Bertz CT molecular complexity index is 498. The molecular weight excluding hydrogens is 285 g/mol. The van der Waals surface area contributed by atoms with E-state index in [4.69, 9.17) is 10.3 Å². The Balaban J connectivity index is 1.66. The highest BCUT2D eigenvalue weighted by Gasteiger charge is 2.40. The largest absolute Gasteiger partial charge is 0.401 e. The van der Waals surface area contributed by atoms with E-state index in [0.717, 1.165) is 25.7 Å². The standard InChI is InChI=1S/C13H19F3N4O/c14-13(15,16)8-20-6-1-3-9(7-20)10-18-11(19-21-10)12(17)4-2-5-12/h9H,1-8,17H2. The van der Waals surface area contributed by atoms with Crippen molar-refractivity contribution in [2.24, 2.45) is 5.73 Å². The normalized spacial score (nSPS) is 26.6. The minimum atomic E-state index is -4.17. The van der Waals surface area contributed by atoms with Gasteiger partial charge in [0.05, 0.1) is 18.0 Å². The van der Waals surface area contributed by atoms with Crippen LogP contribution in [0, 0.1) is 0 Å². The zero-order valence-electron chi connectivity index (χ0n) is 11.7. The lowest BCUT2D eigenvalue weighted by molar-refractivity contribution is -0.148. The zero-order valence-corrected chi connectivity index (χ0v) is 11.7. The molecular formula is C13H19F3N4O. The van der Waals surface area contributed by atoms with Gasteiger partial charge in [-0.05, 0) is 38.6 Å². The topological polar surface area (TPSA) is 68.2 Å². The average Bonchev–Trinajstić information content (AvgIpc) is 2.84. The summed E-state index contributed by atoms with van der Waals surface area (Å²) in [4.78, 5) is 5.75. The van der Waals surface area contributed by atoms with Gasteiger partial charge in [-0.3, -0.25) is 4.90 Å². The molecule has 8 heteroatoms. The van der Waals surface area contributed by atoms with Gasteiger partial charge < -0.3 is 10.3 Å². The van der Waals surface area contributed by atoms with Crippen molar-refractivity contribution >= 4 is 0 Å². The second-order valence-corrected chi connectivity index (χ2v) is 6.16. The fourth-order valence-electron chi connectivity index (χ4n) is 3.04. The predicted octanol–water partition coefficient (Wildman–Crippen LogP) is 2.15. The summed E-state index contributed by atoms with van der Waals surface area (Å²) in [6.45, 7) is -0.123. The molecule has 0 aromatic carbocycles. The Kier molecular flexibility index (Phi) is 3.69. The van der Waals surface area contributed by atoms with Crippen LogP contribution in [0.3, 0.4) is 0 Å². The van der Waals surface area contributed by atoms with Gasteiger partial charge in [0.2, 0.25) is 5.89 Å². The Morgan fingerprint density at radius 1 is 1.33 bits per heavy atom. The molecule has 2 aliphatic rings. The van der Waals surface area contributed by atoms with Crippen molar-refractivity contribution in [1.29, 1.82) is 0 Å². The molecule has 0 spiro atoms. The summed E-state index contributed by atoms with van der Waals surface area (Å²) in [5.74, 6) is 0.788. The summed E-state index contributed by atoms with van der Waals surface area (Å²) in [6, 6.07) is 0. The molecule has 0 bridgehead atoms. The van der Waals surface area contributed by atoms with Gasteiger partial charge in [-0.2, -0.15) is 18.2 Å². The number of hydrogen-bond acceptors (Lipinski definition) is 5. The molecule has 1 aliphatic heterocycles. The highest BCUT2D eigenvalue weighted by atomic mass is 19.4. The average molecular weight is 304 g/mol. The number of likely N-dealkylation sites (tertiary alicyclic amines) is 1. The van der Waals surface area contributed by atoms with E-state index in [0.29, 0.717) is 31.2 Å². The van der Waals surface area contributed by atoms with Crippen molar-refractivity contribution in [3.8, 4) is 0 Å². The molecule has 21 heavy (non-hydrogen) atoms. The second-order valence-electron chi connectivity index (χ2n) is 6.16. The van der Waals surface area contributed by atoms with E-state index in [1.54, 1.807) is 0 Å². The molecule has 3 rings (SSSR count). The third-order valence-corrected chi connectivity index (χ3v) is 4.39. The van der Waals surface area contributed by atoms with Gasteiger partial charge in [-0.15, -0.1) is 0 Å². The lowest BCUT2D eigenvalue weighted by Gasteiger charge is -2.34. The quantitative estimate of drug-likeness (QED) is 0.926. The SMILES string of the molecule is NC1(c2noc(C3CCCN(CC(F)(F)F)C3)n2)CCC1. The molecule has 1 atom stereocenters. The fourth-order valence-corrected chi connectivity index (χ4v) is 3.04. The van der Waals surface area contributed by atoms with Crippen molar-refractivity contribution in [2.75, 3.05) is 19.6 Å². The molecule has 2 heterocycles. The van der Waals surface area contributed by atoms with Crippen LogP contribution in [0.15, 0.2) is 4.52 Å². The Morgan fingerprint density at radius 2 is 2.10 bits per heavy atom. The first kappa shape index (κ1) is 14.8. The first-order chi connectivity index (χ1) is 9.86. The van der Waals surface area contributed by atoms with Crippen molar-refractivity contribution in [3.63, 3.8) is 0 Å². The van der Waals surface area contributed by atoms with E-state index in [1.165, 1.54) is 4.90 Å². The number of nitrogens with two attached hydrogens (primary N) is 1. The van der Waals surface area contributed by atoms with E-state index in [9.17, 15) is 13.2 Å². The molecule has 1 aliphatic carbocycles. The minimum Gasteiger partial charge on any atom is -0.339 e. The maximum atomic E-state index is 12.5. The monoisotopic (exact) mass is 304 g/mol. The summed E-state index contributed by atoms with van der Waals surface area (Å²) < 4.78 is 42.7. The second kappa shape index (κ2) is 5.24. The van der Waals surface area contributed by atoms with E-state index in [-0.39, 0.29) is 5.92 Å². The van der Waals surface area contributed by atoms with Gasteiger partial charge in [0.15, 0.2) is 5.82 Å². The highest BCUT2D eigenvalue weighted by molar-refractivity contribution is 5.10. The molecule has 5 nitrogen and oxygen atoms in total. The van der Waals surface area contributed by atoms with Gasteiger partial charge in [-0.1, -0.05) is 5.16 Å². The molecule has 1 saturated heterocycles. The van der Waals surface area contributed by atoms with Crippen LogP contribution in [0.1, 0.15) is 49.7 Å². The summed E-state index contributed by atoms with van der Waals surface area (Å²) in [5.41, 5.74) is 5.64. The van der Waals surface area contributed by atoms with Crippen LogP contribution in [-0.4, -0.2) is 40.9 Å². The summed E-state index contributed by atoms with van der Waals surface area (Å²) in [5, 5.41) is 3.93. The van der Waals surface area contributed by atoms with E-state index in [2.05, 4.69) is 10.1 Å². The lowest BCUT2D eigenvalue weighted by Crippen LogP contribution is -2.44. The van der Waals surface area contributed by atoms with Gasteiger partial charge >= 0.3 is 6.18 Å². The smallest absolute Gasteiger partial charge is 0.339 e. The van der Waals surface area contributed by atoms with Crippen LogP contribution >= 0.6 is 0 Å². The van der Waals surface area contributed by atoms with E-state index >= 15 is 0 Å². The summed E-state index contributed by atoms with van der Waals surface area (Å²) >= 11 is 0. The third kappa shape index (κ3) is 3.21. The van der Waals surface area contributed by atoms with Crippen LogP contribution in [0.5, 0.6) is 0 Å². The van der Waals surface area contributed by atoms with Gasteiger partial charge in [0.25, 0.3) is 0 Å². The lowest BCUT2D eigenvalue weighted by atomic mass is 9.77. The van der Waals surface area contributed by atoms with Crippen LogP contribution in [0.4, 0.5) is 13.2 Å². The summed E-state index contributed by atoms with van der Waals surface area (Å²) in [7, 11) is 0. The molecule has 1 aromatic heterocycles. The maximum absolute atomic E-state index is 12.5. The van der Waals surface area contributed by atoms with Crippen LogP contribution < -0.4 is 5.73 Å². The highest BCUT2D eigenvalue weighted by Crippen LogP contribution is 2.38. The van der Waals surface area contributed by atoms with Crippen LogP contribution in [0.25, 0.3) is 0 Å². The number of aromatic nitrogens is 2. The fraction of sp³-hybridized carbons (Fsp3) is 0.846. The molecule has 1 aromatic rings. The number of piperidine rings is 1. The van der Waals surface area contributed by atoms with Gasteiger partial charge in [-0.25, -0.2) is 0 Å². The van der Waals surface area contributed by atoms with E-state index < -0.39 is 18.3 Å². The van der Waals surface area contributed by atoms with Crippen LogP contribution in [0.2, 0.25) is 0 Å². The first-order valence-electron chi connectivity index (χ1n) is 7.28. The maximum Gasteiger partial charge on any atom is 0.401 e. The Labute approximate surface area is 120 Å². The van der Waals surface area contributed by atoms with E-state index in [1.807, 2.05) is 0 Å². The summed E-state index contributed by atoms with van der Waals surface area (Å²) in [6.07, 6.45) is 0.00572. The number of alkyl halides is 3. The predicted molar refractivity (Wildman–Crippen MR) is 68.5 cm³/mol. The number of rotatable bonds is 3. The molecule has 0 radical (unpaired) electrons. The number of nitrogens with zero attached hydrogens (tertiary/aromatic N) is 3. The number of hydrogen-bond donors (Lipinski definition) is 1. The first-order valence-corrected chi connectivity index (χ1v) is 7.28. The molecule has 1 unspecified atom stereocenters. The van der Waals surface area contributed by atoms with Crippen molar-refractivity contribution in [3.05, 3.63) is 11.7 Å². The number of halogens is 3. The van der Waals surface area contributed by atoms with Gasteiger partial charge in [0.1, 0.15) is 0 Å². The van der Waals surface area contributed by atoms with Crippen LogP contribution in [-0.2, 0) is 5.54 Å². The molecule has 2 N–H and O–H groups in total. The Morgan fingerprint density at radius 3 is 2.71 bits per heavy atom. The van der Waals surface area contributed by atoms with Crippen molar-refractivity contribution in [2.45, 2.75) is 49.7 Å². The minimum absolute atomic E-state index is 0.133. The molecule has 0 amide bonds. The van der Waals surface area contributed by atoms with Gasteiger partial charge in [0, 0.05) is 6.54 Å². The Hall–Kier alpha value is -1.15. The molecule has 1 saturated carbocycles. The molecule has 118 valence electrons. The van der Waals surface area contributed by atoms with Crippen molar-refractivity contribution in [1.82, 2.24) is 15.0 Å². The zero-order chi connectivity index (χ0) is 15.1. The molecule has 2 fully saturated rings.